The Bertz CT molecular complexity index is 2370. The van der Waals surface area contributed by atoms with Gasteiger partial charge in [-0.1, -0.05) is 40.0 Å². The van der Waals surface area contributed by atoms with E-state index in [4.69, 9.17) is 19.4 Å². The highest BCUT2D eigenvalue weighted by Crippen LogP contribution is 2.43. The fraction of sp³-hybridized carbons (Fsp3) is 0.489. The smallest absolute Gasteiger partial charge is 0.326 e. The number of carboxylic acid groups (broad SMARTS) is 3. The van der Waals surface area contributed by atoms with E-state index in [1.165, 1.54) is 7.11 Å². The molecule has 4 atom stereocenters. The Balaban J connectivity index is 1.94. The normalized spacial score (nSPS) is 16.1. The summed E-state index contributed by atoms with van der Waals surface area (Å²) in [6, 6.07) is 3.98. The number of unbranched alkanes of at least 4 members (excludes halogenated alkanes) is 3. The van der Waals surface area contributed by atoms with Crippen LogP contribution in [0.25, 0.3) is 33.2 Å². The number of carbonyl (C=O) groups excluding carboxylic acids is 2. The van der Waals surface area contributed by atoms with Gasteiger partial charge in [-0.25, -0.2) is 9.78 Å². The Labute approximate surface area is 349 Å². The van der Waals surface area contributed by atoms with Crippen LogP contribution in [0.5, 0.6) is 0 Å². The molecule has 1 amide bonds. The molecular formula is C45H57N5O10. The molecule has 60 heavy (non-hydrogen) atoms. The number of carboxylic acids is 3. The summed E-state index contributed by atoms with van der Waals surface area (Å²) in [5, 5.41) is 31.5. The molecule has 0 aromatic carbocycles. The van der Waals surface area contributed by atoms with Crippen molar-refractivity contribution in [2.75, 3.05) is 13.7 Å². The predicted octanol–water partition coefficient (Wildman–Crippen LogP) is 8.06. The van der Waals surface area contributed by atoms with Crippen molar-refractivity contribution >= 4 is 63.0 Å². The van der Waals surface area contributed by atoms with Crippen LogP contribution in [0, 0.1) is 13.8 Å². The highest BCUT2D eigenvalue weighted by Gasteiger charge is 2.35. The largest absolute Gasteiger partial charge is 0.481 e. The van der Waals surface area contributed by atoms with Crippen LogP contribution in [0.4, 0.5) is 0 Å². The Morgan fingerprint density at radius 1 is 0.883 bits per heavy atom. The number of nitrogens with one attached hydrogen (secondary N) is 3. The second-order valence-electron chi connectivity index (χ2n) is 15.7. The quantitative estimate of drug-likeness (QED) is 0.0528. The summed E-state index contributed by atoms with van der Waals surface area (Å²) >= 11 is 0. The summed E-state index contributed by atoms with van der Waals surface area (Å²) in [6.07, 6.45) is 3.33. The van der Waals surface area contributed by atoms with E-state index < -0.39 is 48.2 Å². The first kappa shape index (κ1) is 45.3. The number of aliphatic carboxylic acids is 3. The summed E-state index contributed by atoms with van der Waals surface area (Å²) in [4.78, 5) is 80.6. The lowest BCUT2D eigenvalue weighted by molar-refractivity contribution is -0.145. The topological polar surface area (TPSA) is 234 Å². The first-order valence-corrected chi connectivity index (χ1v) is 20.6. The van der Waals surface area contributed by atoms with Gasteiger partial charge in [0.05, 0.1) is 54.2 Å². The van der Waals surface area contributed by atoms with Gasteiger partial charge in [-0.15, -0.1) is 0 Å². The van der Waals surface area contributed by atoms with Crippen molar-refractivity contribution in [3.8, 4) is 0 Å². The van der Waals surface area contributed by atoms with Crippen LogP contribution in [0.15, 0.2) is 18.2 Å². The highest BCUT2D eigenvalue weighted by atomic mass is 16.5. The molecule has 0 spiro atoms. The number of aromatic nitrogens is 4. The van der Waals surface area contributed by atoms with Crippen LogP contribution in [-0.4, -0.2) is 84.8 Å². The number of carbonyl (C=O) groups is 5. The first-order valence-electron chi connectivity index (χ1n) is 20.6. The predicted molar refractivity (Wildman–Crippen MR) is 227 cm³/mol. The van der Waals surface area contributed by atoms with Gasteiger partial charge >= 0.3 is 23.9 Å². The number of allylic oxidation sites excluding steroid dienone is 2. The number of nitrogens with zero attached hydrogens (tertiary/aromatic N) is 2. The van der Waals surface area contributed by atoms with Gasteiger partial charge in [0.25, 0.3) is 5.91 Å². The molecule has 15 nitrogen and oxygen atoms in total. The van der Waals surface area contributed by atoms with Crippen LogP contribution in [0.1, 0.15) is 159 Å². The zero-order valence-electron chi connectivity index (χ0n) is 35.7. The number of aromatic amines is 2. The van der Waals surface area contributed by atoms with E-state index >= 15 is 0 Å². The van der Waals surface area contributed by atoms with Gasteiger partial charge in [-0.2, -0.15) is 0 Å². The molecule has 2 aliphatic heterocycles. The van der Waals surface area contributed by atoms with Crippen molar-refractivity contribution < 1.29 is 48.8 Å². The van der Waals surface area contributed by atoms with Gasteiger partial charge < -0.3 is 40.1 Å². The van der Waals surface area contributed by atoms with E-state index in [-0.39, 0.29) is 47.9 Å². The van der Waals surface area contributed by atoms with Gasteiger partial charge in [0, 0.05) is 58.2 Å². The van der Waals surface area contributed by atoms with Gasteiger partial charge in [0.2, 0.25) is 0 Å². The molecule has 0 saturated heterocycles. The lowest BCUT2D eigenvalue weighted by Crippen LogP contribution is -2.42. The number of hydrogen-bond acceptors (Lipinski definition) is 9. The molecule has 2 aliphatic rings. The van der Waals surface area contributed by atoms with Crippen LogP contribution >= 0.6 is 0 Å². The molecular weight excluding hydrogens is 771 g/mol. The van der Waals surface area contributed by atoms with Gasteiger partial charge in [0.15, 0.2) is 0 Å². The van der Waals surface area contributed by atoms with E-state index in [1.54, 1.807) is 13.0 Å². The van der Waals surface area contributed by atoms with E-state index in [0.717, 1.165) is 64.7 Å². The van der Waals surface area contributed by atoms with Crippen molar-refractivity contribution in [1.29, 1.82) is 0 Å². The average molecular weight is 828 g/mol. The lowest BCUT2D eigenvalue weighted by atomic mass is 9.85. The van der Waals surface area contributed by atoms with Gasteiger partial charge in [-0.3, -0.25) is 24.2 Å². The molecule has 6 N–H and O–H groups in total. The van der Waals surface area contributed by atoms with E-state index in [2.05, 4.69) is 22.2 Å². The van der Waals surface area contributed by atoms with E-state index in [0.29, 0.717) is 41.2 Å². The highest BCUT2D eigenvalue weighted by molar-refractivity contribution is 6.07. The maximum absolute atomic E-state index is 14.3. The summed E-state index contributed by atoms with van der Waals surface area (Å²) in [5.74, 6) is -6.43. The fourth-order valence-corrected chi connectivity index (χ4v) is 8.35. The van der Waals surface area contributed by atoms with E-state index in [9.17, 15) is 39.3 Å². The lowest BCUT2D eigenvalue weighted by Gasteiger charge is -2.18. The van der Waals surface area contributed by atoms with Crippen molar-refractivity contribution in [1.82, 2.24) is 25.3 Å². The second kappa shape index (κ2) is 19.5. The molecule has 8 bridgehead atoms. The third-order valence-corrected chi connectivity index (χ3v) is 11.7. The number of methoxy groups -OCH3 is 1. The van der Waals surface area contributed by atoms with E-state index in [1.807, 2.05) is 46.8 Å². The van der Waals surface area contributed by atoms with Gasteiger partial charge in [-0.05, 0) is 87.4 Å². The molecule has 0 radical (unpaired) electrons. The maximum Gasteiger partial charge on any atom is 0.326 e. The molecule has 0 saturated carbocycles. The zero-order chi connectivity index (χ0) is 44.0. The maximum atomic E-state index is 14.3. The molecule has 3 aromatic heterocycles. The van der Waals surface area contributed by atoms with Crippen molar-refractivity contribution in [3.05, 3.63) is 68.8 Å². The number of rotatable bonds is 18. The minimum Gasteiger partial charge on any atom is -0.481 e. The average Bonchev–Trinajstić information content (AvgIpc) is 3.88. The Morgan fingerprint density at radius 3 is 2.22 bits per heavy atom. The Kier molecular flexibility index (Phi) is 14.7. The molecule has 3 aromatic rings. The number of ether oxygens (including phenoxy) is 2. The standard InChI is InChI=1S/C45H57N5O10/c1-9-11-12-13-16-60-26(7)40-24(5)32-18-31-23(4)28(14-15-37(51)52)42(48-31)29(17-39(55)59-8)43-41(44(56)50-36(45(57)58)21-38(53)54)25(6)33(49-43)19-34-27(10-2)22(3)30(46-34)20-35(40)47-32/h18-20,23,26,28,36,47,49H,9-17,21H2,1-8H3,(H,50,56)(H,51,52)(H,53,54)(H,57,58)/t23-,26?,28-,36-/m0/s1. The van der Waals surface area contributed by atoms with Crippen LogP contribution < -0.4 is 5.32 Å². The second-order valence-corrected chi connectivity index (χ2v) is 15.7. The minimum absolute atomic E-state index is 0.0308. The van der Waals surface area contributed by atoms with Crippen molar-refractivity contribution in [3.63, 3.8) is 0 Å². The molecule has 322 valence electrons. The number of amides is 1. The SMILES string of the molecule is CCCCCCOC(C)c1c(C)c2cc3nc(c(CC(=O)OC)c4[nH]c(cc5nc(cc1[nH]2)C(C)=C5CC)c(C)c4C(=O)N[C@@H](CC(=O)O)C(=O)O)[C@@H](CCC(=O)O)[C@@H]3C. The van der Waals surface area contributed by atoms with Crippen LogP contribution in [0.2, 0.25) is 0 Å². The number of H-pyrrole nitrogens is 2. The summed E-state index contributed by atoms with van der Waals surface area (Å²) in [6.45, 7) is 14.5. The summed E-state index contributed by atoms with van der Waals surface area (Å²) in [5.41, 5.74) is 8.92. The van der Waals surface area contributed by atoms with Crippen molar-refractivity contribution in [2.45, 2.75) is 130 Å². The molecule has 0 aliphatic carbocycles. The minimum atomic E-state index is -1.77. The Hall–Kier alpha value is -5.83. The third kappa shape index (κ3) is 9.78. The molecule has 1 unspecified atom stereocenters. The molecule has 0 fully saturated rings. The zero-order valence-corrected chi connectivity index (χ0v) is 35.7. The fourth-order valence-electron chi connectivity index (χ4n) is 8.35. The molecule has 5 rings (SSSR count). The summed E-state index contributed by atoms with van der Waals surface area (Å²) < 4.78 is 11.6. The summed E-state index contributed by atoms with van der Waals surface area (Å²) in [7, 11) is 1.23. The third-order valence-electron chi connectivity index (χ3n) is 11.7. The first-order chi connectivity index (χ1) is 28.5. The van der Waals surface area contributed by atoms with Crippen LogP contribution in [-0.2, 0) is 35.1 Å². The van der Waals surface area contributed by atoms with Crippen LogP contribution in [0.3, 0.4) is 0 Å². The monoisotopic (exact) mass is 827 g/mol. The molecule has 5 heterocycles. The van der Waals surface area contributed by atoms with Crippen molar-refractivity contribution in [2.24, 2.45) is 0 Å². The number of fused-ring (bicyclic) bond motifs is 8. The Morgan fingerprint density at radius 2 is 1.58 bits per heavy atom. The number of hydrogen-bond donors (Lipinski definition) is 6. The number of esters is 1. The van der Waals surface area contributed by atoms with Gasteiger partial charge in [0.1, 0.15) is 6.04 Å². The number of aryl methyl sites for hydroxylation is 2. The molecule has 15 heteroatoms.